The fourth-order valence-corrected chi connectivity index (χ4v) is 1.28. The van der Waals surface area contributed by atoms with Gasteiger partial charge >= 0.3 is 0 Å². The van der Waals surface area contributed by atoms with E-state index in [0.29, 0.717) is 5.95 Å². The molecule has 0 unspecified atom stereocenters. The maximum absolute atomic E-state index is 5.66. The molecular weight excluding hydrogens is 214 g/mol. The van der Waals surface area contributed by atoms with Gasteiger partial charge in [0.15, 0.2) is 0 Å². The van der Waals surface area contributed by atoms with Crippen molar-refractivity contribution in [1.82, 2.24) is 9.97 Å². The van der Waals surface area contributed by atoms with Gasteiger partial charge in [0.2, 0.25) is 5.95 Å². The lowest BCUT2D eigenvalue weighted by Crippen LogP contribution is -2.22. The normalized spacial score (nSPS) is 11.3. The van der Waals surface area contributed by atoms with E-state index in [0.717, 1.165) is 31.1 Å². The maximum Gasteiger partial charge on any atom is 0.223 e. The summed E-state index contributed by atoms with van der Waals surface area (Å²) in [6.07, 6.45) is 1.11. The number of nitrogens with one attached hydrogen (secondary N) is 2. The zero-order valence-corrected chi connectivity index (χ0v) is 11.2. The van der Waals surface area contributed by atoms with Gasteiger partial charge in [-0.1, -0.05) is 20.8 Å². The molecule has 0 saturated carbocycles. The van der Waals surface area contributed by atoms with Crippen LogP contribution in [0.1, 0.15) is 34.1 Å². The van der Waals surface area contributed by atoms with Gasteiger partial charge < -0.3 is 16.4 Å². The molecule has 0 saturated heterocycles. The first-order valence-corrected chi connectivity index (χ1v) is 6.09. The van der Waals surface area contributed by atoms with E-state index < -0.39 is 0 Å². The Hall–Kier alpha value is -1.52. The number of nitrogens with two attached hydrogens (primary N) is 1. The molecule has 0 bridgehead atoms. The van der Waals surface area contributed by atoms with E-state index in [1.165, 1.54) is 0 Å². The lowest BCUT2D eigenvalue weighted by molar-refractivity contribution is 0.376. The number of rotatable bonds is 6. The Morgan fingerprint density at radius 3 is 2.29 bits per heavy atom. The molecule has 0 amide bonds. The summed E-state index contributed by atoms with van der Waals surface area (Å²) in [4.78, 5) is 8.27. The van der Waals surface area contributed by atoms with Gasteiger partial charge in [-0.05, 0) is 18.8 Å². The van der Waals surface area contributed by atoms with E-state index in [4.69, 9.17) is 5.73 Å². The molecule has 0 spiro atoms. The molecule has 96 valence electrons. The Morgan fingerprint density at radius 1 is 1.18 bits per heavy atom. The summed E-state index contributed by atoms with van der Waals surface area (Å²) in [5.41, 5.74) is 5.91. The number of anilines is 3. The Morgan fingerprint density at radius 2 is 1.76 bits per heavy atom. The van der Waals surface area contributed by atoms with Crippen molar-refractivity contribution in [3.05, 3.63) is 6.07 Å². The average molecular weight is 237 g/mol. The molecule has 17 heavy (non-hydrogen) atoms. The van der Waals surface area contributed by atoms with Crippen LogP contribution in [0.4, 0.5) is 17.6 Å². The lowest BCUT2D eigenvalue weighted by Gasteiger charge is -2.23. The van der Waals surface area contributed by atoms with Gasteiger partial charge in [0, 0.05) is 19.2 Å². The van der Waals surface area contributed by atoms with Gasteiger partial charge in [-0.3, -0.25) is 0 Å². The van der Waals surface area contributed by atoms with Crippen molar-refractivity contribution >= 4 is 17.6 Å². The number of hydrogen-bond donors (Lipinski definition) is 3. The molecule has 0 atom stereocenters. The second-order valence-corrected chi connectivity index (χ2v) is 4.90. The van der Waals surface area contributed by atoms with E-state index >= 15 is 0 Å². The maximum atomic E-state index is 5.66. The standard InChI is InChI=1S/C12H23N5/c1-5-12(3,4)8-15-10-7-9(14-6-2)16-11(13)17-10/h7H,5-6,8H2,1-4H3,(H4,13,14,15,16,17). The van der Waals surface area contributed by atoms with Crippen molar-refractivity contribution in [2.75, 3.05) is 29.5 Å². The van der Waals surface area contributed by atoms with Crippen LogP contribution in [0.25, 0.3) is 0 Å². The first-order chi connectivity index (χ1) is 7.96. The molecule has 5 nitrogen and oxygen atoms in total. The highest BCUT2D eigenvalue weighted by molar-refractivity contribution is 5.50. The van der Waals surface area contributed by atoms with Crippen molar-refractivity contribution in [2.24, 2.45) is 5.41 Å². The molecule has 0 aromatic carbocycles. The summed E-state index contributed by atoms with van der Waals surface area (Å²) in [7, 11) is 0. The Balaban J connectivity index is 2.70. The summed E-state index contributed by atoms with van der Waals surface area (Å²) in [5.74, 6) is 1.83. The van der Waals surface area contributed by atoms with E-state index in [1.807, 2.05) is 13.0 Å². The smallest absolute Gasteiger partial charge is 0.223 e. The fourth-order valence-electron chi connectivity index (χ4n) is 1.28. The molecule has 5 heteroatoms. The molecular formula is C12H23N5. The minimum absolute atomic E-state index is 0.248. The Kier molecular flexibility index (Phi) is 4.54. The quantitative estimate of drug-likeness (QED) is 0.708. The van der Waals surface area contributed by atoms with Crippen LogP contribution in [0.3, 0.4) is 0 Å². The van der Waals surface area contributed by atoms with Gasteiger partial charge in [0.1, 0.15) is 11.6 Å². The van der Waals surface area contributed by atoms with Crippen molar-refractivity contribution < 1.29 is 0 Å². The molecule has 1 aromatic rings. The molecule has 1 aromatic heterocycles. The Bertz CT molecular complexity index is 362. The monoisotopic (exact) mass is 237 g/mol. The first-order valence-electron chi connectivity index (χ1n) is 6.09. The zero-order valence-electron chi connectivity index (χ0n) is 11.2. The van der Waals surface area contributed by atoms with Crippen LogP contribution in [0, 0.1) is 5.41 Å². The summed E-state index contributed by atoms with van der Waals surface area (Å²) in [6.45, 7) is 10.3. The van der Waals surface area contributed by atoms with Gasteiger partial charge in [-0.15, -0.1) is 0 Å². The molecule has 1 heterocycles. The molecule has 4 N–H and O–H groups in total. The van der Waals surface area contributed by atoms with E-state index in [1.54, 1.807) is 0 Å². The second-order valence-electron chi connectivity index (χ2n) is 4.90. The molecule has 0 radical (unpaired) electrons. The highest BCUT2D eigenvalue weighted by atomic mass is 15.1. The van der Waals surface area contributed by atoms with Crippen LogP contribution in [-0.2, 0) is 0 Å². The van der Waals surface area contributed by atoms with Crippen LogP contribution in [0.5, 0.6) is 0 Å². The number of nitrogens with zero attached hydrogens (tertiary/aromatic N) is 2. The summed E-state index contributed by atoms with van der Waals surface area (Å²) in [6, 6.07) is 1.88. The molecule has 0 aliphatic heterocycles. The third-order valence-electron chi connectivity index (χ3n) is 2.81. The number of hydrogen-bond acceptors (Lipinski definition) is 5. The van der Waals surface area contributed by atoms with Crippen LogP contribution < -0.4 is 16.4 Å². The van der Waals surface area contributed by atoms with Gasteiger partial charge in [0.05, 0.1) is 0 Å². The average Bonchev–Trinajstić information content (AvgIpc) is 2.26. The van der Waals surface area contributed by atoms with E-state index in [9.17, 15) is 0 Å². The minimum Gasteiger partial charge on any atom is -0.370 e. The highest BCUT2D eigenvalue weighted by Crippen LogP contribution is 2.21. The fraction of sp³-hybridized carbons (Fsp3) is 0.667. The third-order valence-corrected chi connectivity index (χ3v) is 2.81. The molecule has 0 fully saturated rings. The molecule has 1 rings (SSSR count). The zero-order chi connectivity index (χ0) is 12.9. The van der Waals surface area contributed by atoms with Crippen molar-refractivity contribution in [2.45, 2.75) is 34.1 Å². The SMILES string of the molecule is CCNc1cc(NCC(C)(C)CC)nc(N)n1. The van der Waals surface area contributed by atoms with Crippen LogP contribution in [0.2, 0.25) is 0 Å². The first kappa shape index (κ1) is 13.5. The molecule has 0 aliphatic rings. The Labute approximate surface area is 103 Å². The summed E-state index contributed by atoms with van der Waals surface area (Å²) >= 11 is 0. The van der Waals surface area contributed by atoms with Gasteiger partial charge in [-0.25, -0.2) is 0 Å². The van der Waals surface area contributed by atoms with Crippen molar-refractivity contribution in [3.63, 3.8) is 0 Å². The van der Waals surface area contributed by atoms with Crippen molar-refractivity contribution in [1.29, 1.82) is 0 Å². The van der Waals surface area contributed by atoms with E-state index in [2.05, 4.69) is 41.4 Å². The van der Waals surface area contributed by atoms with Crippen LogP contribution >= 0.6 is 0 Å². The number of nitrogen functional groups attached to an aromatic ring is 1. The summed E-state index contributed by atoms with van der Waals surface area (Å²) in [5, 5.41) is 6.43. The third kappa shape index (κ3) is 4.46. The predicted octanol–water partition coefficient (Wildman–Crippen LogP) is 2.34. The van der Waals surface area contributed by atoms with Crippen LogP contribution in [0.15, 0.2) is 6.07 Å². The van der Waals surface area contributed by atoms with Crippen LogP contribution in [-0.4, -0.2) is 23.1 Å². The van der Waals surface area contributed by atoms with E-state index in [-0.39, 0.29) is 5.41 Å². The van der Waals surface area contributed by atoms with Gasteiger partial charge in [-0.2, -0.15) is 9.97 Å². The number of aromatic nitrogens is 2. The largest absolute Gasteiger partial charge is 0.370 e. The topological polar surface area (TPSA) is 75.9 Å². The second kappa shape index (κ2) is 5.70. The molecule has 0 aliphatic carbocycles. The predicted molar refractivity (Wildman–Crippen MR) is 73.2 cm³/mol. The van der Waals surface area contributed by atoms with Crippen molar-refractivity contribution in [3.8, 4) is 0 Å². The summed E-state index contributed by atoms with van der Waals surface area (Å²) < 4.78 is 0. The van der Waals surface area contributed by atoms with Gasteiger partial charge in [0.25, 0.3) is 0 Å². The minimum atomic E-state index is 0.248. The highest BCUT2D eigenvalue weighted by Gasteiger charge is 2.15. The lowest BCUT2D eigenvalue weighted by atomic mass is 9.90.